The predicted octanol–water partition coefficient (Wildman–Crippen LogP) is 0.676. The van der Waals surface area contributed by atoms with Crippen LogP contribution in [0.3, 0.4) is 0 Å². The molecule has 9 heteroatoms. The molecule has 0 radical (unpaired) electrons. The van der Waals surface area contributed by atoms with E-state index in [4.69, 9.17) is 9.63 Å². The van der Waals surface area contributed by atoms with Crippen LogP contribution in [0, 0.1) is 6.92 Å². The largest absolute Gasteiger partial charge is 0.390 e. The molecule has 1 fully saturated rings. The molecule has 1 saturated heterocycles. The fourth-order valence-corrected chi connectivity index (χ4v) is 2.64. The van der Waals surface area contributed by atoms with Gasteiger partial charge in [0.1, 0.15) is 24.1 Å². The summed E-state index contributed by atoms with van der Waals surface area (Å²) in [7, 11) is 0. The first-order valence-electron chi connectivity index (χ1n) is 7.03. The second kappa shape index (κ2) is 5.73. The monoisotopic (exact) mass is 313 g/mol. The van der Waals surface area contributed by atoms with Crippen LogP contribution in [-0.4, -0.2) is 70.4 Å². The molecule has 1 aliphatic rings. The van der Waals surface area contributed by atoms with Crippen LogP contribution in [0.1, 0.15) is 5.69 Å². The molecule has 3 heterocycles. The van der Waals surface area contributed by atoms with E-state index in [2.05, 4.69) is 15.1 Å². The van der Waals surface area contributed by atoms with Gasteiger partial charge in [0.25, 0.3) is 11.6 Å². The molecule has 0 spiro atoms. The number of halogens is 2. The molecule has 0 atom stereocenters. The lowest BCUT2D eigenvalue weighted by Gasteiger charge is -2.36. The Morgan fingerprint density at radius 3 is 2.68 bits per heavy atom. The van der Waals surface area contributed by atoms with Gasteiger partial charge in [-0.05, 0) is 6.92 Å². The van der Waals surface area contributed by atoms with Crippen LogP contribution in [0.4, 0.5) is 14.6 Å². The normalized spacial score (nSPS) is 17.4. The van der Waals surface area contributed by atoms with Crippen molar-refractivity contribution in [3.63, 3.8) is 0 Å². The van der Waals surface area contributed by atoms with Crippen molar-refractivity contribution in [1.82, 2.24) is 20.0 Å². The maximum absolute atomic E-state index is 13.2. The number of aliphatic hydroxyl groups is 1. The van der Waals surface area contributed by atoms with E-state index in [1.165, 1.54) is 6.33 Å². The van der Waals surface area contributed by atoms with Gasteiger partial charge in [0.2, 0.25) is 0 Å². The molecule has 1 N–H and O–H groups in total. The standard InChI is InChI=1S/C13H17F2N5O2/c1-9-10-11(16-8-17-12(10)22-18-9)20-4-2-19(3-5-20)6-13(14,15)7-21/h8,21H,2-7H2,1H3. The average molecular weight is 313 g/mol. The third-order valence-electron chi connectivity index (χ3n) is 3.78. The van der Waals surface area contributed by atoms with Crippen LogP contribution in [0.5, 0.6) is 0 Å². The Morgan fingerprint density at radius 2 is 2.00 bits per heavy atom. The predicted molar refractivity (Wildman–Crippen MR) is 75.0 cm³/mol. The second-order valence-corrected chi connectivity index (χ2v) is 5.42. The molecule has 0 amide bonds. The van der Waals surface area contributed by atoms with Crippen LogP contribution in [0.2, 0.25) is 0 Å². The summed E-state index contributed by atoms with van der Waals surface area (Å²) in [4.78, 5) is 12.0. The SMILES string of the molecule is Cc1noc2ncnc(N3CCN(CC(F)(F)CO)CC3)c12. The van der Waals surface area contributed by atoms with Gasteiger partial charge < -0.3 is 14.5 Å². The van der Waals surface area contributed by atoms with E-state index in [1.54, 1.807) is 4.90 Å². The highest BCUT2D eigenvalue weighted by Gasteiger charge is 2.32. The quantitative estimate of drug-likeness (QED) is 0.889. The number of hydrogen-bond acceptors (Lipinski definition) is 7. The van der Waals surface area contributed by atoms with Gasteiger partial charge in [-0.3, -0.25) is 4.90 Å². The Hall–Kier alpha value is -1.87. The van der Waals surface area contributed by atoms with Crippen molar-refractivity contribution < 1.29 is 18.4 Å². The Morgan fingerprint density at radius 1 is 1.27 bits per heavy atom. The molecule has 2 aromatic rings. The lowest BCUT2D eigenvalue weighted by atomic mass is 10.2. The van der Waals surface area contributed by atoms with E-state index < -0.39 is 19.1 Å². The minimum Gasteiger partial charge on any atom is -0.390 e. The molecule has 120 valence electrons. The highest BCUT2D eigenvalue weighted by Crippen LogP contribution is 2.27. The molecule has 0 bridgehead atoms. The van der Waals surface area contributed by atoms with E-state index in [-0.39, 0.29) is 0 Å². The van der Waals surface area contributed by atoms with Crippen molar-refractivity contribution in [3.8, 4) is 0 Å². The van der Waals surface area contributed by atoms with E-state index in [0.717, 1.165) is 11.2 Å². The van der Waals surface area contributed by atoms with Crippen molar-refractivity contribution in [2.24, 2.45) is 0 Å². The van der Waals surface area contributed by atoms with Crippen LogP contribution >= 0.6 is 0 Å². The summed E-state index contributed by atoms with van der Waals surface area (Å²) in [6.45, 7) is 2.35. The summed E-state index contributed by atoms with van der Waals surface area (Å²) in [6.07, 6.45) is 1.41. The third kappa shape index (κ3) is 2.86. The minimum atomic E-state index is -3.06. The first-order valence-corrected chi connectivity index (χ1v) is 7.03. The lowest BCUT2D eigenvalue weighted by Crippen LogP contribution is -2.50. The number of nitrogens with zero attached hydrogens (tertiary/aromatic N) is 5. The zero-order chi connectivity index (χ0) is 15.7. The van der Waals surface area contributed by atoms with E-state index >= 15 is 0 Å². The van der Waals surface area contributed by atoms with Gasteiger partial charge in [-0.1, -0.05) is 5.16 Å². The molecule has 1 aliphatic heterocycles. The molecular weight excluding hydrogens is 296 g/mol. The van der Waals surface area contributed by atoms with Crippen LogP contribution < -0.4 is 4.90 Å². The molecule has 0 unspecified atom stereocenters. The molecule has 0 saturated carbocycles. The first-order chi connectivity index (χ1) is 10.5. The molecule has 2 aromatic heterocycles. The van der Waals surface area contributed by atoms with Gasteiger partial charge in [0, 0.05) is 26.2 Å². The fraction of sp³-hybridized carbons (Fsp3) is 0.615. The summed E-state index contributed by atoms with van der Waals surface area (Å²) in [5.74, 6) is -2.34. The van der Waals surface area contributed by atoms with E-state index in [1.807, 2.05) is 11.8 Å². The lowest BCUT2D eigenvalue weighted by molar-refractivity contribution is -0.0733. The van der Waals surface area contributed by atoms with Gasteiger partial charge in [0.15, 0.2) is 0 Å². The van der Waals surface area contributed by atoms with Crippen LogP contribution in [0.15, 0.2) is 10.9 Å². The Balaban J connectivity index is 1.72. The molecular formula is C13H17F2N5O2. The highest BCUT2D eigenvalue weighted by atomic mass is 19.3. The van der Waals surface area contributed by atoms with Crippen molar-refractivity contribution in [2.75, 3.05) is 44.2 Å². The van der Waals surface area contributed by atoms with Gasteiger partial charge in [-0.2, -0.15) is 4.98 Å². The number of rotatable bonds is 4. The number of fused-ring (bicyclic) bond motifs is 1. The van der Waals surface area contributed by atoms with Crippen molar-refractivity contribution in [1.29, 1.82) is 0 Å². The van der Waals surface area contributed by atoms with Crippen molar-refractivity contribution in [3.05, 3.63) is 12.0 Å². The topological polar surface area (TPSA) is 78.5 Å². The fourth-order valence-electron chi connectivity index (χ4n) is 2.64. The zero-order valence-corrected chi connectivity index (χ0v) is 12.2. The zero-order valence-electron chi connectivity index (χ0n) is 12.2. The minimum absolute atomic E-state index is 0.428. The van der Waals surface area contributed by atoms with E-state index in [9.17, 15) is 8.78 Å². The number of hydrogen-bond donors (Lipinski definition) is 1. The van der Waals surface area contributed by atoms with Gasteiger partial charge in [-0.25, -0.2) is 13.8 Å². The Labute approximate surface area is 125 Å². The van der Waals surface area contributed by atoms with Crippen LogP contribution in [-0.2, 0) is 0 Å². The Bertz CT molecular complexity index is 655. The molecule has 0 aromatic carbocycles. The number of piperazine rings is 1. The first kappa shape index (κ1) is 15.0. The summed E-state index contributed by atoms with van der Waals surface area (Å²) >= 11 is 0. The Kier molecular flexibility index (Phi) is 3.92. The summed E-state index contributed by atoms with van der Waals surface area (Å²) in [6, 6.07) is 0. The van der Waals surface area contributed by atoms with Crippen molar-refractivity contribution >= 4 is 16.9 Å². The summed E-state index contributed by atoms with van der Waals surface area (Å²) in [5.41, 5.74) is 1.14. The molecule has 22 heavy (non-hydrogen) atoms. The number of anilines is 1. The van der Waals surface area contributed by atoms with Crippen molar-refractivity contribution in [2.45, 2.75) is 12.8 Å². The molecule has 7 nitrogen and oxygen atoms in total. The number of aliphatic hydroxyl groups excluding tert-OH is 1. The highest BCUT2D eigenvalue weighted by molar-refractivity contribution is 5.87. The van der Waals surface area contributed by atoms with Gasteiger partial charge in [0.05, 0.1) is 12.2 Å². The summed E-state index contributed by atoms with van der Waals surface area (Å²) in [5, 5.41) is 13.3. The van der Waals surface area contributed by atoms with Gasteiger partial charge >= 0.3 is 0 Å². The van der Waals surface area contributed by atoms with Crippen LogP contribution in [0.25, 0.3) is 11.1 Å². The van der Waals surface area contributed by atoms with Gasteiger partial charge in [-0.15, -0.1) is 0 Å². The molecule has 0 aliphatic carbocycles. The third-order valence-corrected chi connectivity index (χ3v) is 3.78. The number of alkyl halides is 2. The average Bonchev–Trinajstić information content (AvgIpc) is 2.90. The second-order valence-electron chi connectivity index (χ2n) is 5.42. The number of aromatic nitrogens is 3. The maximum Gasteiger partial charge on any atom is 0.283 e. The van der Waals surface area contributed by atoms with E-state index in [0.29, 0.717) is 37.6 Å². The maximum atomic E-state index is 13.2. The smallest absolute Gasteiger partial charge is 0.283 e. The number of aryl methyl sites for hydroxylation is 1. The molecule has 3 rings (SSSR count). The summed E-state index contributed by atoms with van der Waals surface area (Å²) < 4.78 is 31.6.